The molecule has 0 amide bonds. The molecule has 9 heteroatoms. The van der Waals surface area contributed by atoms with E-state index >= 15 is 0 Å². The first-order valence-electron chi connectivity index (χ1n) is 4.87. The molecule has 18 heavy (non-hydrogen) atoms. The van der Waals surface area contributed by atoms with Crippen molar-refractivity contribution in [1.82, 2.24) is 9.97 Å². The fourth-order valence-electron chi connectivity index (χ4n) is 1.26. The highest BCUT2D eigenvalue weighted by Gasteiger charge is 2.35. The second-order valence-corrected chi connectivity index (χ2v) is 5.55. The molecule has 1 rings (SSSR count). The summed E-state index contributed by atoms with van der Waals surface area (Å²) in [5.41, 5.74) is 0. The summed E-state index contributed by atoms with van der Waals surface area (Å²) in [5.74, 6) is -1.05. The Morgan fingerprint density at radius 3 is 2.61 bits per heavy atom. The van der Waals surface area contributed by atoms with Crippen LogP contribution in [0.2, 0.25) is 5.15 Å². The van der Waals surface area contributed by atoms with E-state index in [9.17, 15) is 17.4 Å². The lowest BCUT2D eigenvalue weighted by Crippen LogP contribution is -2.24. The Morgan fingerprint density at radius 2 is 2.11 bits per heavy atom. The maximum Gasteiger partial charge on any atom is 0.451 e. The van der Waals surface area contributed by atoms with Crippen LogP contribution in [0.3, 0.4) is 0 Å². The van der Waals surface area contributed by atoms with E-state index in [0.29, 0.717) is 5.75 Å². The fourth-order valence-corrected chi connectivity index (χ4v) is 2.24. The monoisotopic (exact) mass is 301 g/mol. The lowest BCUT2D eigenvalue weighted by Gasteiger charge is -2.14. The quantitative estimate of drug-likeness (QED) is 0.867. The molecule has 1 aromatic rings. The zero-order valence-corrected chi connectivity index (χ0v) is 11.2. The largest absolute Gasteiger partial charge is 0.451 e. The standard InChI is InChI=1S/C9H11ClF3N3OS/c1-5(4-18(2)17)14-7-3-6(10)15-8(16-7)9(11,12)13/h3,5H,4H2,1-2H3,(H,14,15,16). The van der Waals surface area contributed by atoms with Crippen molar-refractivity contribution in [3.63, 3.8) is 0 Å². The summed E-state index contributed by atoms with van der Waals surface area (Å²) in [4.78, 5) is 6.42. The Morgan fingerprint density at radius 1 is 1.50 bits per heavy atom. The normalized spacial score (nSPS) is 15.2. The summed E-state index contributed by atoms with van der Waals surface area (Å²) < 4.78 is 48.3. The zero-order chi connectivity index (χ0) is 13.9. The number of aromatic nitrogens is 2. The molecule has 0 aliphatic carbocycles. The second-order valence-electron chi connectivity index (χ2n) is 3.68. The van der Waals surface area contributed by atoms with Crippen molar-refractivity contribution in [3.8, 4) is 0 Å². The van der Waals surface area contributed by atoms with Gasteiger partial charge in [-0.05, 0) is 6.92 Å². The van der Waals surface area contributed by atoms with Gasteiger partial charge in [-0.2, -0.15) is 13.2 Å². The Labute approximate surface area is 109 Å². The average molecular weight is 302 g/mol. The number of hydrogen-bond acceptors (Lipinski definition) is 4. The van der Waals surface area contributed by atoms with Crippen molar-refractivity contribution in [2.24, 2.45) is 0 Å². The van der Waals surface area contributed by atoms with Crippen LogP contribution in [-0.2, 0) is 17.0 Å². The molecule has 4 nitrogen and oxygen atoms in total. The molecule has 1 heterocycles. The molecule has 1 N–H and O–H groups in total. The van der Waals surface area contributed by atoms with E-state index in [-0.39, 0.29) is 17.0 Å². The summed E-state index contributed by atoms with van der Waals surface area (Å²) >= 11 is 5.49. The summed E-state index contributed by atoms with van der Waals surface area (Å²) in [6, 6.07) is 0.897. The van der Waals surface area contributed by atoms with Gasteiger partial charge in [0, 0.05) is 34.9 Å². The maximum absolute atomic E-state index is 12.4. The third kappa shape index (κ3) is 4.77. The van der Waals surface area contributed by atoms with Gasteiger partial charge in [0.25, 0.3) is 0 Å². The minimum absolute atomic E-state index is 0.0414. The van der Waals surface area contributed by atoms with Crippen LogP contribution < -0.4 is 5.32 Å². The fraction of sp³-hybridized carbons (Fsp3) is 0.556. The SMILES string of the molecule is CC(CS(C)=O)Nc1cc(Cl)nc(C(F)(F)F)n1. The summed E-state index contributed by atoms with van der Waals surface area (Å²) in [5, 5.41) is 2.40. The Kier molecular flexibility index (Phi) is 4.92. The van der Waals surface area contributed by atoms with Gasteiger partial charge in [0.05, 0.1) is 0 Å². The van der Waals surface area contributed by atoms with E-state index in [2.05, 4.69) is 15.3 Å². The lowest BCUT2D eigenvalue weighted by atomic mass is 10.4. The van der Waals surface area contributed by atoms with Gasteiger partial charge in [-0.1, -0.05) is 11.6 Å². The molecule has 102 valence electrons. The first kappa shape index (κ1) is 15.2. The minimum atomic E-state index is -4.65. The third-order valence-corrected chi connectivity index (χ3v) is 2.99. The van der Waals surface area contributed by atoms with E-state index < -0.39 is 22.8 Å². The molecule has 0 aromatic carbocycles. The van der Waals surface area contributed by atoms with Gasteiger partial charge in [0.15, 0.2) is 0 Å². The smallest absolute Gasteiger partial charge is 0.367 e. The van der Waals surface area contributed by atoms with Gasteiger partial charge >= 0.3 is 6.18 Å². The predicted octanol–water partition coefficient (Wildman–Crippen LogP) is 2.33. The van der Waals surface area contributed by atoms with Gasteiger partial charge in [0.1, 0.15) is 11.0 Å². The van der Waals surface area contributed by atoms with Crippen molar-refractivity contribution in [1.29, 1.82) is 0 Å². The third-order valence-electron chi connectivity index (χ3n) is 1.83. The van der Waals surface area contributed by atoms with E-state index in [1.807, 2.05) is 0 Å². The van der Waals surface area contributed by atoms with Gasteiger partial charge in [-0.15, -0.1) is 0 Å². The van der Waals surface area contributed by atoms with Crippen LogP contribution in [0.4, 0.5) is 19.0 Å². The lowest BCUT2D eigenvalue weighted by molar-refractivity contribution is -0.144. The summed E-state index contributed by atoms with van der Waals surface area (Å²) in [6.45, 7) is 1.69. The number of rotatable bonds is 4. The number of hydrogen-bond donors (Lipinski definition) is 1. The van der Waals surface area contributed by atoms with Gasteiger partial charge in [-0.25, -0.2) is 9.97 Å². The van der Waals surface area contributed by atoms with Crippen LogP contribution in [0.1, 0.15) is 12.7 Å². The highest BCUT2D eigenvalue weighted by atomic mass is 35.5. The molecule has 0 aliphatic heterocycles. The molecule has 0 radical (unpaired) electrons. The van der Waals surface area contributed by atoms with Crippen LogP contribution in [-0.4, -0.2) is 32.2 Å². The second kappa shape index (κ2) is 5.83. The molecular weight excluding hydrogens is 291 g/mol. The molecule has 0 bridgehead atoms. The van der Waals surface area contributed by atoms with Crippen molar-refractivity contribution < 1.29 is 17.4 Å². The topological polar surface area (TPSA) is 54.9 Å². The molecule has 0 fully saturated rings. The van der Waals surface area contributed by atoms with Crippen molar-refractivity contribution >= 4 is 28.2 Å². The highest BCUT2D eigenvalue weighted by molar-refractivity contribution is 7.84. The molecular formula is C9H11ClF3N3OS. The summed E-state index contributed by atoms with van der Waals surface area (Å²) in [7, 11) is -1.06. The van der Waals surface area contributed by atoms with Gasteiger partial charge in [-0.3, -0.25) is 4.21 Å². The molecule has 2 atom stereocenters. The Bertz CT molecular complexity index is 455. The summed E-state index contributed by atoms with van der Waals surface area (Å²) in [6.07, 6.45) is -3.15. The van der Waals surface area contributed by atoms with E-state index in [0.717, 1.165) is 0 Å². The van der Waals surface area contributed by atoms with Crippen LogP contribution in [0, 0.1) is 0 Å². The first-order valence-corrected chi connectivity index (χ1v) is 6.97. The number of nitrogens with zero attached hydrogens (tertiary/aromatic N) is 2. The van der Waals surface area contributed by atoms with Crippen LogP contribution in [0.25, 0.3) is 0 Å². The molecule has 0 aliphatic rings. The molecule has 0 saturated carbocycles. The maximum atomic E-state index is 12.4. The van der Waals surface area contributed by atoms with Crippen LogP contribution >= 0.6 is 11.6 Å². The van der Waals surface area contributed by atoms with Gasteiger partial charge < -0.3 is 5.32 Å². The van der Waals surface area contributed by atoms with Gasteiger partial charge in [0.2, 0.25) is 5.82 Å². The Balaban J connectivity index is 2.90. The average Bonchev–Trinajstić information content (AvgIpc) is 2.13. The van der Waals surface area contributed by atoms with Crippen molar-refractivity contribution in [2.75, 3.05) is 17.3 Å². The van der Waals surface area contributed by atoms with E-state index in [1.165, 1.54) is 12.3 Å². The van der Waals surface area contributed by atoms with E-state index in [4.69, 9.17) is 11.6 Å². The minimum Gasteiger partial charge on any atom is -0.367 e. The number of halogens is 4. The van der Waals surface area contributed by atoms with Crippen LogP contribution in [0.15, 0.2) is 6.07 Å². The van der Waals surface area contributed by atoms with E-state index in [1.54, 1.807) is 6.92 Å². The predicted molar refractivity (Wildman–Crippen MR) is 64.1 cm³/mol. The number of nitrogens with one attached hydrogen (secondary N) is 1. The zero-order valence-electron chi connectivity index (χ0n) is 9.58. The van der Waals surface area contributed by atoms with Crippen LogP contribution in [0.5, 0.6) is 0 Å². The molecule has 0 spiro atoms. The highest BCUT2D eigenvalue weighted by Crippen LogP contribution is 2.28. The number of alkyl halides is 3. The Hall–Kier alpha value is -0.890. The van der Waals surface area contributed by atoms with Crippen molar-refractivity contribution in [3.05, 3.63) is 17.0 Å². The number of anilines is 1. The molecule has 0 saturated heterocycles. The first-order chi connectivity index (χ1) is 8.18. The molecule has 2 unspecified atom stereocenters. The molecule has 1 aromatic heterocycles. The van der Waals surface area contributed by atoms with Crippen molar-refractivity contribution in [2.45, 2.75) is 19.1 Å².